The molecule has 4 heteroatoms. The molecule has 1 aliphatic rings. The van der Waals surface area contributed by atoms with Gasteiger partial charge in [0.2, 0.25) is 0 Å². The minimum atomic E-state index is -0.941. The van der Waals surface area contributed by atoms with Crippen LogP contribution in [-0.2, 0) is 13.0 Å². The van der Waals surface area contributed by atoms with Gasteiger partial charge in [-0.05, 0) is 37.1 Å². The van der Waals surface area contributed by atoms with Gasteiger partial charge in [-0.2, -0.15) is 0 Å². The zero-order chi connectivity index (χ0) is 14.1. The second kappa shape index (κ2) is 4.96. The zero-order valence-corrected chi connectivity index (χ0v) is 11.3. The van der Waals surface area contributed by atoms with E-state index in [4.69, 9.17) is 5.11 Å². The second-order valence-corrected chi connectivity index (χ2v) is 5.15. The molecule has 1 aromatic heterocycles. The minimum Gasteiger partial charge on any atom is -0.478 e. The lowest BCUT2D eigenvalue weighted by atomic mass is 10.1. The molecule has 0 aliphatic carbocycles. The van der Waals surface area contributed by atoms with Crippen molar-refractivity contribution in [2.24, 2.45) is 0 Å². The highest BCUT2D eigenvalue weighted by Gasteiger charge is 2.25. The van der Waals surface area contributed by atoms with E-state index in [1.807, 2.05) is 6.07 Å². The third-order valence-electron chi connectivity index (χ3n) is 3.75. The van der Waals surface area contributed by atoms with Crippen LogP contribution in [0.25, 0.3) is 0 Å². The first kappa shape index (κ1) is 12.7. The standard InChI is InChI=1S/C16H16N2O2/c1-11-8-12-4-2-3-5-15(12)18(11)10-14-7-6-13(9-17-14)16(19)20/h2-7,9,11H,8,10H2,1H3,(H,19,20). The van der Waals surface area contributed by atoms with E-state index in [0.717, 1.165) is 12.1 Å². The fraction of sp³-hybridized carbons (Fsp3) is 0.250. The summed E-state index contributed by atoms with van der Waals surface area (Å²) in [5, 5.41) is 8.88. The quantitative estimate of drug-likeness (QED) is 0.930. The van der Waals surface area contributed by atoms with Crippen LogP contribution in [0.4, 0.5) is 5.69 Å². The van der Waals surface area contributed by atoms with E-state index in [1.165, 1.54) is 17.4 Å². The molecule has 20 heavy (non-hydrogen) atoms. The third-order valence-corrected chi connectivity index (χ3v) is 3.75. The molecule has 0 bridgehead atoms. The molecule has 102 valence electrons. The highest BCUT2D eigenvalue weighted by atomic mass is 16.4. The molecule has 0 saturated carbocycles. The Kier molecular flexibility index (Phi) is 3.14. The van der Waals surface area contributed by atoms with E-state index in [1.54, 1.807) is 12.1 Å². The summed E-state index contributed by atoms with van der Waals surface area (Å²) in [6.07, 6.45) is 2.47. The third kappa shape index (κ3) is 2.25. The molecule has 0 radical (unpaired) electrons. The Morgan fingerprint density at radius 1 is 1.35 bits per heavy atom. The molecule has 3 rings (SSSR count). The summed E-state index contributed by atoms with van der Waals surface area (Å²) in [6.45, 7) is 2.91. The number of pyridine rings is 1. The van der Waals surface area contributed by atoms with Gasteiger partial charge in [-0.3, -0.25) is 4.98 Å². The lowest BCUT2D eigenvalue weighted by molar-refractivity contribution is 0.0696. The molecule has 1 aromatic carbocycles. The Labute approximate surface area is 117 Å². The molecule has 1 aliphatic heterocycles. The van der Waals surface area contributed by atoms with Gasteiger partial charge in [0.25, 0.3) is 0 Å². The summed E-state index contributed by atoms with van der Waals surface area (Å²) in [7, 11) is 0. The average Bonchev–Trinajstić information content (AvgIpc) is 2.76. The Balaban J connectivity index is 1.82. The van der Waals surface area contributed by atoms with Gasteiger partial charge < -0.3 is 10.0 Å². The number of nitrogens with zero attached hydrogens (tertiary/aromatic N) is 2. The molecule has 0 saturated heterocycles. The first-order valence-electron chi connectivity index (χ1n) is 6.68. The van der Waals surface area contributed by atoms with E-state index in [2.05, 4.69) is 35.0 Å². The van der Waals surface area contributed by atoms with Gasteiger partial charge in [0, 0.05) is 17.9 Å². The molecule has 1 unspecified atom stereocenters. The number of anilines is 1. The maximum absolute atomic E-state index is 10.8. The van der Waals surface area contributed by atoms with Crippen molar-refractivity contribution in [2.75, 3.05) is 4.90 Å². The molecule has 1 N–H and O–H groups in total. The van der Waals surface area contributed by atoms with Crippen LogP contribution >= 0.6 is 0 Å². The smallest absolute Gasteiger partial charge is 0.337 e. The van der Waals surface area contributed by atoms with Crippen molar-refractivity contribution in [3.8, 4) is 0 Å². The van der Waals surface area contributed by atoms with E-state index >= 15 is 0 Å². The van der Waals surface area contributed by atoms with Crippen LogP contribution in [0.3, 0.4) is 0 Å². The number of hydrogen-bond donors (Lipinski definition) is 1. The van der Waals surface area contributed by atoms with Gasteiger partial charge in [0.05, 0.1) is 17.8 Å². The lowest BCUT2D eigenvalue weighted by Gasteiger charge is -2.24. The van der Waals surface area contributed by atoms with Gasteiger partial charge in [0.1, 0.15) is 0 Å². The van der Waals surface area contributed by atoms with E-state index in [9.17, 15) is 4.79 Å². The van der Waals surface area contributed by atoms with Crippen LogP contribution in [0.2, 0.25) is 0 Å². The summed E-state index contributed by atoms with van der Waals surface area (Å²) >= 11 is 0. The number of rotatable bonds is 3. The van der Waals surface area contributed by atoms with E-state index in [-0.39, 0.29) is 5.56 Å². The lowest BCUT2D eigenvalue weighted by Crippen LogP contribution is -2.29. The number of hydrogen-bond acceptors (Lipinski definition) is 3. The summed E-state index contributed by atoms with van der Waals surface area (Å²) in [5.74, 6) is -0.941. The Bertz CT molecular complexity index is 637. The number of aromatic carboxylic acids is 1. The summed E-state index contributed by atoms with van der Waals surface area (Å²) in [6, 6.07) is 12.2. The van der Waals surface area contributed by atoms with Gasteiger partial charge in [0.15, 0.2) is 0 Å². The molecule has 2 heterocycles. The molecule has 0 spiro atoms. The Morgan fingerprint density at radius 3 is 2.85 bits per heavy atom. The van der Waals surface area contributed by atoms with Crippen molar-refractivity contribution in [2.45, 2.75) is 25.9 Å². The van der Waals surface area contributed by atoms with Crippen molar-refractivity contribution >= 4 is 11.7 Å². The Morgan fingerprint density at radius 2 is 2.15 bits per heavy atom. The van der Waals surface area contributed by atoms with Gasteiger partial charge in [-0.25, -0.2) is 4.79 Å². The summed E-state index contributed by atoms with van der Waals surface area (Å²) in [5.41, 5.74) is 3.73. The van der Waals surface area contributed by atoms with Crippen LogP contribution in [0.1, 0.15) is 28.5 Å². The molecular formula is C16H16N2O2. The van der Waals surface area contributed by atoms with Crippen molar-refractivity contribution in [1.82, 2.24) is 4.98 Å². The van der Waals surface area contributed by atoms with Crippen molar-refractivity contribution in [3.05, 3.63) is 59.4 Å². The fourth-order valence-electron chi connectivity index (χ4n) is 2.69. The maximum Gasteiger partial charge on any atom is 0.337 e. The first-order chi connectivity index (χ1) is 9.65. The number of fused-ring (bicyclic) bond motifs is 1. The Hall–Kier alpha value is -2.36. The largest absolute Gasteiger partial charge is 0.478 e. The molecule has 1 atom stereocenters. The number of benzene rings is 1. The second-order valence-electron chi connectivity index (χ2n) is 5.15. The first-order valence-corrected chi connectivity index (χ1v) is 6.68. The normalized spacial score (nSPS) is 17.1. The number of carboxylic acids is 1. The van der Waals surface area contributed by atoms with Crippen molar-refractivity contribution in [3.63, 3.8) is 0 Å². The van der Waals surface area contributed by atoms with Gasteiger partial charge in [-0.15, -0.1) is 0 Å². The molecule has 0 amide bonds. The van der Waals surface area contributed by atoms with Gasteiger partial charge >= 0.3 is 5.97 Å². The number of para-hydroxylation sites is 1. The maximum atomic E-state index is 10.8. The number of carbonyl (C=O) groups is 1. The van der Waals surface area contributed by atoms with E-state index in [0.29, 0.717) is 12.6 Å². The predicted octanol–water partition coefficient (Wildman–Crippen LogP) is 2.73. The van der Waals surface area contributed by atoms with Gasteiger partial charge in [-0.1, -0.05) is 18.2 Å². The predicted molar refractivity (Wildman–Crippen MR) is 77.0 cm³/mol. The average molecular weight is 268 g/mol. The van der Waals surface area contributed by atoms with Crippen LogP contribution in [0.5, 0.6) is 0 Å². The van der Waals surface area contributed by atoms with Crippen LogP contribution < -0.4 is 4.90 Å². The number of carboxylic acid groups (broad SMARTS) is 1. The molecular weight excluding hydrogens is 252 g/mol. The topological polar surface area (TPSA) is 53.4 Å². The monoisotopic (exact) mass is 268 g/mol. The minimum absolute atomic E-state index is 0.226. The summed E-state index contributed by atoms with van der Waals surface area (Å²) in [4.78, 5) is 17.4. The molecule has 4 nitrogen and oxygen atoms in total. The van der Waals surface area contributed by atoms with E-state index < -0.39 is 5.97 Å². The summed E-state index contributed by atoms with van der Waals surface area (Å²) < 4.78 is 0. The highest BCUT2D eigenvalue weighted by Crippen LogP contribution is 2.32. The van der Waals surface area contributed by atoms with Crippen LogP contribution in [-0.4, -0.2) is 22.1 Å². The van der Waals surface area contributed by atoms with Crippen molar-refractivity contribution < 1.29 is 9.90 Å². The highest BCUT2D eigenvalue weighted by molar-refractivity contribution is 5.87. The van der Waals surface area contributed by atoms with Crippen LogP contribution in [0, 0.1) is 0 Å². The zero-order valence-electron chi connectivity index (χ0n) is 11.3. The fourth-order valence-corrected chi connectivity index (χ4v) is 2.69. The van der Waals surface area contributed by atoms with Crippen LogP contribution in [0.15, 0.2) is 42.6 Å². The SMILES string of the molecule is CC1Cc2ccccc2N1Cc1ccc(C(=O)O)cn1. The number of aromatic nitrogens is 1. The molecule has 0 fully saturated rings. The molecule has 2 aromatic rings. The van der Waals surface area contributed by atoms with Crippen molar-refractivity contribution in [1.29, 1.82) is 0 Å².